The van der Waals surface area contributed by atoms with Crippen molar-refractivity contribution in [2.24, 2.45) is 0 Å². The first kappa shape index (κ1) is 10.4. The van der Waals surface area contributed by atoms with Crippen molar-refractivity contribution in [3.8, 4) is 0 Å². The van der Waals surface area contributed by atoms with E-state index in [-0.39, 0.29) is 6.04 Å². The monoisotopic (exact) mass is 201 g/mol. The van der Waals surface area contributed by atoms with E-state index in [0.717, 1.165) is 0 Å². The summed E-state index contributed by atoms with van der Waals surface area (Å²) >= 11 is 5.05. The summed E-state index contributed by atoms with van der Waals surface area (Å²) in [7, 11) is 0. The molecule has 1 heterocycles. The molecule has 0 aliphatic rings. The molecule has 74 valence electrons. The van der Waals surface area contributed by atoms with Crippen molar-refractivity contribution in [2.75, 3.05) is 0 Å². The van der Waals surface area contributed by atoms with Crippen LogP contribution in [0.15, 0.2) is 0 Å². The van der Waals surface area contributed by atoms with Gasteiger partial charge in [-0.2, -0.15) is 5.10 Å². The lowest BCUT2D eigenvalue weighted by Crippen LogP contribution is -2.23. The smallest absolute Gasteiger partial charge is 0.195 e. The van der Waals surface area contributed by atoms with E-state index in [1.165, 1.54) is 0 Å². The summed E-state index contributed by atoms with van der Waals surface area (Å²) < 4.78 is 2.36. The predicted molar refractivity (Wildman–Crippen MR) is 53.0 cm³/mol. The largest absolute Gasteiger partial charge is 0.382 e. The number of H-pyrrole nitrogens is 1. The van der Waals surface area contributed by atoms with Crippen LogP contribution in [0, 0.1) is 4.77 Å². The number of nitrogens with zero attached hydrogens (tertiary/aromatic N) is 2. The first-order chi connectivity index (χ1) is 5.84. The molecule has 0 saturated heterocycles. The first-order valence-corrected chi connectivity index (χ1v) is 4.64. The first-order valence-electron chi connectivity index (χ1n) is 4.24. The number of aromatic amines is 1. The number of nitrogens with one attached hydrogen (secondary N) is 1. The molecule has 4 nitrogen and oxygen atoms in total. The van der Waals surface area contributed by atoms with Gasteiger partial charge in [0.25, 0.3) is 0 Å². The van der Waals surface area contributed by atoms with Crippen molar-refractivity contribution in [1.82, 2.24) is 14.8 Å². The molecule has 0 aliphatic heterocycles. The highest BCUT2D eigenvalue weighted by molar-refractivity contribution is 7.71. The molecular weight excluding hydrogens is 186 g/mol. The lowest BCUT2D eigenvalue weighted by molar-refractivity contribution is 0.0630. The van der Waals surface area contributed by atoms with E-state index in [2.05, 4.69) is 10.2 Å². The Balaban J connectivity index is 3.32. The molecule has 0 spiro atoms. The maximum absolute atomic E-state index is 9.78. The number of aliphatic hydroxyl groups is 1. The van der Waals surface area contributed by atoms with Crippen LogP contribution >= 0.6 is 12.2 Å². The van der Waals surface area contributed by atoms with Gasteiger partial charge in [-0.25, -0.2) is 0 Å². The Morgan fingerprint density at radius 2 is 2.08 bits per heavy atom. The normalized spacial score (nSPS) is 12.5. The second kappa shape index (κ2) is 3.23. The molecule has 2 N–H and O–H groups in total. The Bertz CT molecular complexity index is 345. The van der Waals surface area contributed by atoms with Crippen molar-refractivity contribution in [1.29, 1.82) is 0 Å². The Labute approximate surface area is 82.6 Å². The van der Waals surface area contributed by atoms with Gasteiger partial charge in [0.1, 0.15) is 5.60 Å². The zero-order valence-corrected chi connectivity index (χ0v) is 9.14. The van der Waals surface area contributed by atoms with Crippen molar-refractivity contribution in [2.45, 2.75) is 39.3 Å². The highest BCUT2D eigenvalue weighted by Crippen LogP contribution is 2.20. The van der Waals surface area contributed by atoms with Crippen LogP contribution < -0.4 is 0 Å². The minimum absolute atomic E-state index is 0.202. The molecule has 0 aromatic carbocycles. The second-order valence-electron chi connectivity index (χ2n) is 3.88. The van der Waals surface area contributed by atoms with Gasteiger partial charge in [-0.1, -0.05) is 0 Å². The second-order valence-corrected chi connectivity index (χ2v) is 4.26. The van der Waals surface area contributed by atoms with Crippen LogP contribution in [-0.2, 0) is 5.60 Å². The highest BCUT2D eigenvalue weighted by Gasteiger charge is 2.24. The zero-order valence-electron chi connectivity index (χ0n) is 8.33. The van der Waals surface area contributed by atoms with Crippen LogP contribution in [0.1, 0.15) is 39.6 Å². The summed E-state index contributed by atoms with van der Waals surface area (Å²) in [4.78, 5) is 0. The van der Waals surface area contributed by atoms with Gasteiger partial charge < -0.3 is 5.11 Å². The highest BCUT2D eigenvalue weighted by atomic mass is 32.1. The van der Waals surface area contributed by atoms with Gasteiger partial charge in [0.05, 0.1) is 0 Å². The summed E-state index contributed by atoms with van der Waals surface area (Å²) in [6.45, 7) is 7.38. The molecular formula is C8H15N3OS. The van der Waals surface area contributed by atoms with Crippen LogP contribution in [0.2, 0.25) is 0 Å². The molecule has 0 unspecified atom stereocenters. The van der Waals surface area contributed by atoms with Gasteiger partial charge in [0.15, 0.2) is 10.6 Å². The van der Waals surface area contributed by atoms with Crippen molar-refractivity contribution in [3.63, 3.8) is 0 Å². The summed E-state index contributed by atoms with van der Waals surface area (Å²) in [5, 5.41) is 16.5. The summed E-state index contributed by atoms with van der Waals surface area (Å²) in [5.41, 5.74) is -0.960. The minimum Gasteiger partial charge on any atom is -0.382 e. The van der Waals surface area contributed by atoms with E-state index in [1.54, 1.807) is 13.8 Å². The van der Waals surface area contributed by atoms with E-state index in [4.69, 9.17) is 12.2 Å². The average Bonchev–Trinajstić information content (AvgIpc) is 2.28. The number of rotatable bonds is 2. The molecule has 13 heavy (non-hydrogen) atoms. The molecule has 0 bridgehead atoms. The van der Waals surface area contributed by atoms with Gasteiger partial charge in [-0.15, -0.1) is 0 Å². The van der Waals surface area contributed by atoms with Crippen LogP contribution in [0.25, 0.3) is 0 Å². The van der Waals surface area contributed by atoms with Gasteiger partial charge in [0.2, 0.25) is 0 Å². The van der Waals surface area contributed by atoms with E-state index in [1.807, 2.05) is 18.4 Å². The Hall–Kier alpha value is -0.680. The van der Waals surface area contributed by atoms with Crippen molar-refractivity contribution in [3.05, 3.63) is 10.6 Å². The molecule has 5 heteroatoms. The quantitative estimate of drug-likeness (QED) is 0.717. The molecule has 1 aromatic rings. The third kappa shape index (κ3) is 1.97. The number of hydrogen-bond donors (Lipinski definition) is 2. The fourth-order valence-corrected chi connectivity index (χ4v) is 1.56. The fraction of sp³-hybridized carbons (Fsp3) is 0.750. The standard InChI is InChI=1S/C8H15N3OS/c1-5(2)11-6(8(3,4)12)9-10-7(11)13/h5,12H,1-4H3,(H,10,13). The lowest BCUT2D eigenvalue weighted by Gasteiger charge is -2.19. The molecule has 0 fully saturated rings. The summed E-state index contributed by atoms with van der Waals surface area (Å²) in [6, 6.07) is 0.202. The number of hydrogen-bond acceptors (Lipinski definition) is 3. The topological polar surface area (TPSA) is 53.8 Å². The Kier molecular flexibility index (Phi) is 2.58. The summed E-state index contributed by atoms with van der Waals surface area (Å²) in [6.07, 6.45) is 0. The van der Waals surface area contributed by atoms with Crippen LogP contribution in [0.4, 0.5) is 0 Å². The average molecular weight is 201 g/mol. The SMILES string of the molecule is CC(C)n1c(C(C)(C)O)n[nH]c1=S. The maximum atomic E-state index is 9.78. The van der Waals surface area contributed by atoms with Crippen molar-refractivity contribution < 1.29 is 5.11 Å². The summed E-state index contributed by atoms with van der Waals surface area (Å²) in [5.74, 6) is 0.576. The number of aromatic nitrogens is 3. The minimum atomic E-state index is -0.960. The van der Waals surface area contributed by atoms with Crippen LogP contribution in [0.5, 0.6) is 0 Å². The zero-order chi connectivity index (χ0) is 10.2. The van der Waals surface area contributed by atoms with E-state index in [0.29, 0.717) is 10.6 Å². The van der Waals surface area contributed by atoms with Gasteiger partial charge in [0, 0.05) is 6.04 Å². The Morgan fingerprint density at radius 1 is 1.54 bits per heavy atom. The molecule has 1 rings (SSSR count). The Morgan fingerprint density at radius 3 is 2.38 bits per heavy atom. The molecule has 0 radical (unpaired) electrons. The molecule has 1 aromatic heterocycles. The molecule has 0 saturated carbocycles. The van der Waals surface area contributed by atoms with Gasteiger partial charge in [-0.05, 0) is 39.9 Å². The fourth-order valence-electron chi connectivity index (χ4n) is 1.22. The van der Waals surface area contributed by atoms with Gasteiger partial charge in [-0.3, -0.25) is 9.67 Å². The predicted octanol–water partition coefficient (Wildman–Crippen LogP) is 1.75. The molecule has 0 aliphatic carbocycles. The van der Waals surface area contributed by atoms with Crippen molar-refractivity contribution >= 4 is 12.2 Å². The third-order valence-electron chi connectivity index (χ3n) is 1.77. The van der Waals surface area contributed by atoms with E-state index >= 15 is 0 Å². The molecule has 0 amide bonds. The van der Waals surface area contributed by atoms with E-state index in [9.17, 15) is 5.11 Å². The van der Waals surface area contributed by atoms with Crippen LogP contribution in [0.3, 0.4) is 0 Å². The maximum Gasteiger partial charge on any atom is 0.195 e. The molecule has 0 atom stereocenters. The third-order valence-corrected chi connectivity index (χ3v) is 2.06. The van der Waals surface area contributed by atoms with E-state index < -0.39 is 5.60 Å². The van der Waals surface area contributed by atoms with Crippen LogP contribution in [-0.4, -0.2) is 19.9 Å². The van der Waals surface area contributed by atoms with Gasteiger partial charge >= 0.3 is 0 Å². The lowest BCUT2D eigenvalue weighted by atomic mass is 10.1.